The van der Waals surface area contributed by atoms with E-state index in [4.69, 9.17) is 5.73 Å². The van der Waals surface area contributed by atoms with Gasteiger partial charge in [0.15, 0.2) is 0 Å². The van der Waals surface area contributed by atoms with Crippen LogP contribution in [-0.2, 0) is 25.6 Å². The van der Waals surface area contributed by atoms with Gasteiger partial charge in [0.2, 0.25) is 17.7 Å². The van der Waals surface area contributed by atoms with Gasteiger partial charge in [0, 0.05) is 17.9 Å². The molecule has 0 aliphatic rings. The summed E-state index contributed by atoms with van der Waals surface area (Å²) in [5.74, 6) is -3.03. The highest BCUT2D eigenvalue weighted by Gasteiger charge is 2.28. The van der Waals surface area contributed by atoms with Crippen LogP contribution in [0.3, 0.4) is 0 Å². The number of hydrogen-bond acceptors (Lipinski definition) is 7. The standard InChI is InChI=1S/C18H26N4O5S2/c1-10(20-16(24)12(19)8-28)15(23)22-14(9-29)17(25)21-13(18(26)27)7-11-5-3-2-4-6-11/h2-6,10,12-14,28-29H,7-9,19H2,1H3,(H,20,24)(H,21,25)(H,22,23)(H,26,27). The van der Waals surface area contributed by atoms with Gasteiger partial charge in [-0.25, -0.2) is 4.79 Å². The van der Waals surface area contributed by atoms with E-state index in [1.807, 2.05) is 0 Å². The number of hydrogen-bond donors (Lipinski definition) is 7. The van der Waals surface area contributed by atoms with Crippen molar-refractivity contribution in [2.75, 3.05) is 11.5 Å². The largest absolute Gasteiger partial charge is 0.480 e. The van der Waals surface area contributed by atoms with Gasteiger partial charge >= 0.3 is 5.97 Å². The maximum Gasteiger partial charge on any atom is 0.326 e. The van der Waals surface area contributed by atoms with Crippen molar-refractivity contribution in [3.63, 3.8) is 0 Å². The zero-order chi connectivity index (χ0) is 22.0. The number of amides is 3. The SMILES string of the molecule is CC(NC(=O)C(N)CS)C(=O)NC(CS)C(=O)NC(Cc1ccccc1)C(=O)O. The Labute approximate surface area is 180 Å². The third-order valence-electron chi connectivity index (χ3n) is 4.00. The first-order valence-electron chi connectivity index (χ1n) is 8.84. The number of nitrogens with one attached hydrogen (secondary N) is 3. The Morgan fingerprint density at radius 3 is 2.03 bits per heavy atom. The summed E-state index contributed by atoms with van der Waals surface area (Å²) >= 11 is 7.96. The lowest BCUT2D eigenvalue weighted by Crippen LogP contribution is -2.57. The van der Waals surface area contributed by atoms with Gasteiger partial charge < -0.3 is 26.8 Å². The second kappa shape index (κ2) is 12.3. The number of thiol groups is 2. The molecule has 4 unspecified atom stereocenters. The fourth-order valence-electron chi connectivity index (χ4n) is 2.28. The van der Waals surface area contributed by atoms with Crippen molar-refractivity contribution in [3.8, 4) is 0 Å². The molecule has 3 amide bonds. The lowest BCUT2D eigenvalue weighted by atomic mass is 10.1. The molecule has 0 aliphatic carbocycles. The number of rotatable bonds is 11. The Morgan fingerprint density at radius 2 is 1.52 bits per heavy atom. The van der Waals surface area contributed by atoms with E-state index in [0.717, 1.165) is 5.56 Å². The number of carbonyl (C=O) groups is 4. The van der Waals surface area contributed by atoms with E-state index in [9.17, 15) is 24.3 Å². The van der Waals surface area contributed by atoms with Crippen molar-refractivity contribution in [1.29, 1.82) is 0 Å². The molecule has 0 aliphatic heterocycles. The monoisotopic (exact) mass is 442 g/mol. The first kappa shape index (κ1) is 24.8. The molecule has 0 saturated heterocycles. The first-order valence-corrected chi connectivity index (χ1v) is 10.1. The van der Waals surface area contributed by atoms with Crippen LogP contribution in [-0.4, -0.2) is 64.5 Å². The molecular weight excluding hydrogens is 416 g/mol. The van der Waals surface area contributed by atoms with Crippen LogP contribution >= 0.6 is 25.3 Å². The molecule has 4 atom stereocenters. The Kier molecular flexibility index (Phi) is 10.6. The van der Waals surface area contributed by atoms with Crippen molar-refractivity contribution in [2.45, 2.75) is 37.5 Å². The second-order valence-corrected chi connectivity index (χ2v) is 7.08. The van der Waals surface area contributed by atoms with E-state index in [-0.39, 0.29) is 17.9 Å². The van der Waals surface area contributed by atoms with Crippen LogP contribution < -0.4 is 21.7 Å². The predicted octanol–water partition coefficient (Wildman–Crippen LogP) is -1.03. The summed E-state index contributed by atoms with van der Waals surface area (Å²) in [5.41, 5.74) is 6.27. The summed E-state index contributed by atoms with van der Waals surface area (Å²) in [4.78, 5) is 48.0. The highest BCUT2D eigenvalue weighted by atomic mass is 32.1. The molecule has 0 saturated carbocycles. The van der Waals surface area contributed by atoms with Gasteiger partial charge in [-0.1, -0.05) is 30.3 Å². The quantitative estimate of drug-likeness (QED) is 0.218. The highest BCUT2D eigenvalue weighted by Crippen LogP contribution is 2.04. The molecular formula is C18H26N4O5S2. The number of carbonyl (C=O) groups excluding carboxylic acids is 3. The lowest BCUT2D eigenvalue weighted by molar-refractivity contribution is -0.142. The van der Waals surface area contributed by atoms with Gasteiger partial charge in [0.25, 0.3) is 0 Å². The van der Waals surface area contributed by atoms with Gasteiger partial charge in [-0.2, -0.15) is 25.3 Å². The van der Waals surface area contributed by atoms with Gasteiger partial charge in [0.05, 0.1) is 6.04 Å². The van der Waals surface area contributed by atoms with E-state index >= 15 is 0 Å². The van der Waals surface area contributed by atoms with E-state index in [0.29, 0.717) is 0 Å². The van der Waals surface area contributed by atoms with Crippen LogP contribution in [0.4, 0.5) is 0 Å². The molecule has 0 fully saturated rings. The summed E-state index contributed by atoms with van der Waals surface area (Å²) < 4.78 is 0. The van der Waals surface area contributed by atoms with Crippen LogP contribution in [0.5, 0.6) is 0 Å². The summed E-state index contributed by atoms with van der Waals surface area (Å²) in [6.07, 6.45) is 0.0865. The number of carboxylic acid groups (broad SMARTS) is 1. The molecule has 0 heterocycles. The van der Waals surface area contributed by atoms with Gasteiger partial charge in [-0.3, -0.25) is 14.4 Å². The van der Waals surface area contributed by atoms with Crippen molar-refractivity contribution in [2.24, 2.45) is 5.73 Å². The van der Waals surface area contributed by atoms with E-state index in [1.54, 1.807) is 30.3 Å². The fourth-order valence-corrected chi connectivity index (χ4v) is 2.70. The molecule has 160 valence electrons. The molecule has 0 bridgehead atoms. The fraction of sp³-hybridized carbons (Fsp3) is 0.444. The molecule has 1 aromatic carbocycles. The minimum absolute atomic E-state index is 0.0634. The number of benzene rings is 1. The predicted molar refractivity (Wildman–Crippen MR) is 115 cm³/mol. The summed E-state index contributed by atoms with van der Waals surface area (Å²) in [6.45, 7) is 1.43. The van der Waals surface area contributed by atoms with Crippen molar-refractivity contribution >= 4 is 48.9 Å². The van der Waals surface area contributed by atoms with Gasteiger partial charge in [0.1, 0.15) is 18.1 Å². The zero-order valence-corrected chi connectivity index (χ0v) is 17.7. The summed E-state index contributed by atoms with van der Waals surface area (Å²) in [7, 11) is 0. The molecule has 1 rings (SSSR count). The van der Waals surface area contributed by atoms with Crippen LogP contribution in [0.15, 0.2) is 30.3 Å². The lowest BCUT2D eigenvalue weighted by Gasteiger charge is -2.22. The number of aliphatic carboxylic acids is 1. The molecule has 0 aromatic heterocycles. The van der Waals surface area contributed by atoms with E-state index < -0.39 is 47.9 Å². The van der Waals surface area contributed by atoms with Crippen molar-refractivity contribution in [1.82, 2.24) is 16.0 Å². The average Bonchev–Trinajstić information content (AvgIpc) is 2.70. The summed E-state index contributed by atoms with van der Waals surface area (Å²) in [6, 6.07) is 4.75. The topological polar surface area (TPSA) is 151 Å². The minimum Gasteiger partial charge on any atom is -0.480 e. The average molecular weight is 443 g/mol. The first-order chi connectivity index (χ1) is 13.7. The molecule has 6 N–H and O–H groups in total. The third-order valence-corrected chi connectivity index (χ3v) is 4.76. The molecule has 0 spiro atoms. The number of nitrogens with two attached hydrogens (primary N) is 1. The maximum atomic E-state index is 12.5. The number of carboxylic acids is 1. The third kappa shape index (κ3) is 8.34. The smallest absolute Gasteiger partial charge is 0.326 e. The molecule has 11 heteroatoms. The van der Waals surface area contributed by atoms with Crippen LogP contribution in [0, 0.1) is 0 Å². The molecule has 1 aromatic rings. The Hall–Kier alpha value is -2.24. The molecule has 0 radical (unpaired) electrons. The van der Waals surface area contributed by atoms with Crippen LogP contribution in [0.25, 0.3) is 0 Å². The minimum atomic E-state index is -1.20. The second-order valence-electron chi connectivity index (χ2n) is 6.35. The van der Waals surface area contributed by atoms with Gasteiger partial charge in [-0.15, -0.1) is 0 Å². The summed E-state index contributed by atoms with van der Waals surface area (Å²) in [5, 5.41) is 16.7. The van der Waals surface area contributed by atoms with E-state index in [1.165, 1.54) is 6.92 Å². The van der Waals surface area contributed by atoms with E-state index in [2.05, 4.69) is 41.2 Å². The zero-order valence-electron chi connectivity index (χ0n) is 15.9. The van der Waals surface area contributed by atoms with Crippen LogP contribution in [0.2, 0.25) is 0 Å². The maximum absolute atomic E-state index is 12.5. The van der Waals surface area contributed by atoms with Gasteiger partial charge in [-0.05, 0) is 12.5 Å². The normalized spacial score (nSPS) is 14.8. The van der Waals surface area contributed by atoms with Crippen molar-refractivity contribution < 1.29 is 24.3 Å². The molecule has 29 heavy (non-hydrogen) atoms. The van der Waals surface area contributed by atoms with Crippen LogP contribution in [0.1, 0.15) is 12.5 Å². The highest BCUT2D eigenvalue weighted by molar-refractivity contribution is 7.80. The van der Waals surface area contributed by atoms with Crippen molar-refractivity contribution in [3.05, 3.63) is 35.9 Å². The molecule has 9 nitrogen and oxygen atoms in total. The Bertz CT molecular complexity index is 719. The Balaban J connectivity index is 2.70. The Morgan fingerprint density at radius 1 is 0.931 bits per heavy atom.